The van der Waals surface area contributed by atoms with Crippen molar-refractivity contribution < 1.29 is 9.72 Å². The Hall–Kier alpha value is -3.52. The first-order valence-electron chi connectivity index (χ1n) is 8.11. The molecule has 0 fully saturated rings. The number of thiazole rings is 1. The Balaban J connectivity index is 1.55. The zero-order chi connectivity index (χ0) is 19.0. The van der Waals surface area contributed by atoms with Crippen LogP contribution in [-0.2, 0) is 0 Å². The van der Waals surface area contributed by atoms with Crippen molar-refractivity contribution in [1.29, 1.82) is 0 Å². The highest BCUT2D eigenvalue weighted by molar-refractivity contribution is 7.17. The second-order valence-corrected chi connectivity index (χ2v) is 7.21. The van der Waals surface area contributed by atoms with Gasteiger partial charge >= 0.3 is 0 Å². The van der Waals surface area contributed by atoms with E-state index in [0.29, 0.717) is 11.3 Å². The summed E-state index contributed by atoms with van der Waals surface area (Å²) in [5, 5.41) is 13.5. The van der Waals surface area contributed by atoms with Crippen LogP contribution in [-0.4, -0.2) is 20.2 Å². The first kappa shape index (κ1) is 16.9. The topological polar surface area (TPSA) is 89.5 Å². The molecular formula is C19H14N4O3S. The molecule has 134 valence electrons. The van der Waals surface area contributed by atoms with Gasteiger partial charge in [-0.3, -0.25) is 19.3 Å². The Morgan fingerprint density at radius 2 is 1.96 bits per heavy atom. The van der Waals surface area contributed by atoms with Gasteiger partial charge in [-0.2, -0.15) is 0 Å². The molecule has 0 atom stereocenters. The van der Waals surface area contributed by atoms with Crippen LogP contribution in [0.2, 0.25) is 0 Å². The summed E-state index contributed by atoms with van der Waals surface area (Å²) in [5.74, 6) is -0.330. The summed E-state index contributed by atoms with van der Waals surface area (Å²) in [6.07, 6.45) is 3.98. The van der Waals surface area contributed by atoms with Gasteiger partial charge in [-0.1, -0.05) is 12.1 Å². The van der Waals surface area contributed by atoms with Crippen molar-refractivity contribution >= 4 is 33.6 Å². The van der Waals surface area contributed by atoms with Gasteiger partial charge in [-0.25, -0.2) is 4.98 Å². The first-order chi connectivity index (χ1) is 13.0. The molecule has 0 unspecified atom stereocenters. The number of non-ortho nitro benzene ring substituents is 1. The Bertz CT molecular complexity index is 1130. The number of fused-ring (bicyclic) bond motifs is 1. The van der Waals surface area contributed by atoms with Gasteiger partial charge in [-0.05, 0) is 31.2 Å². The summed E-state index contributed by atoms with van der Waals surface area (Å²) in [6, 6.07) is 12.9. The Morgan fingerprint density at radius 3 is 2.67 bits per heavy atom. The number of benzene rings is 2. The second-order valence-electron chi connectivity index (χ2n) is 6.00. The highest BCUT2D eigenvalue weighted by Gasteiger charge is 2.11. The van der Waals surface area contributed by atoms with E-state index in [9.17, 15) is 14.9 Å². The fourth-order valence-electron chi connectivity index (χ4n) is 2.74. The number of hydrogen-bond donors (Lipinski definition) is 1. The van der Waals surface area contributed by atoms with E-state index in [0.717, 1.165) is 16.2 Å². The number of nitrogens with one attached hydrogen (secondary N) is 1. The predicted octanol–water partition coefficient (Wildman–Crippen LogP) is 4.53. The number of anilines is 1. The number of nitro groups is 1. The van der Waals surface area contributed by atoms with Crippen LogP contribution in [0.5, 0.6) is 0 Å². The number of nitro benzene ring substituents is 1. The minimum absolute atomic E-state index is 0.0523. The lowest BCUT2D eigenvalue weighted by molar-refractivity contribution is -0.384. The summed E-state index contributed by atoms with van der Waals surface area (Å²) in [5.41, 5.74) is 2.65. The average Bonchev–Trinajstić information content (AvgIpc) is 3.19. The summed E-state index contributed by atoms with van der Waals surface area (Å²) in [7, 11) is 0. The summed E-state index contributed by atoms with van der Waals surface area (Å²) in [6.45, 7) is 2.04. The van der Waals surface area contributed by atoms with Crippen LogP contribution >= 0.6 is 11.3 Å². The molecule has 4 rings (SSSR count). The second kappa shape index (κ2) is 6.65. The maximum absolute atomic E-state index is 12.4. The largest absolute Gasteiger partial charge is 0.322 e. The molecule has 0 saturated carbocycles. The number of hydrogen-bond acceptors (Lipinski definition) is 5. The van der Waals surface area contributed by atoms with Gasteiger partial charge in [0.05, 0.1) is 10.6 Å². The van der Waals surface area contributed by atoms with Crippen LogP contribution in [0, 0.1) is 17.0 Å². The van der Waals surface area contributed by atoms with Gasteiger partial charge < -0.3 is 5.32 Å². The number of carbonyl (C=O) groups is 1. The molecule has 2 aromatic carbocycles. The van der Waals surface area contributed by atoms with Crippen molar-refractivity contribution in [1.82, 2.24) is 9.38 Å². The molecule has 4 aromatic rings. The van der Waals surface area contributed by atoms with Gasteiger partial charge in [0.1, 0.15) is 0 Å². The summed E-state index contributed by atoms with van der Waals surface area (Å²) >= 11 is 1.62. The zero-order valence-electron chi connectivity index (χ0n) is 14.2. The van der Waals surface area contributed by atoms with Gasteiger partial charge in [0, 0.05) is 46.2 Å². The molecule has 2 aromatic heterocycles. The smallest absolute Gasteiger partial charge is 0.269 e. The third-order valence-electron chi connectivity index (χ3n) is 4.03. The Morgan fingerprint density at radius 1 is 1.19 bits per heavy atom. The molecule has 0 aliphatic rings. The minimum Gasteiger partial charge on any atom is -0.322 e. The number of aromatic nitrogens is 2. The molecule has 1 N–H and O–H groups in total. The number of aryl methyl sites for hydroxylation is 1. The summed E-state index contributed by atoms with van der Waals surface area (Å²) < 4.78 is 1.98. The maximum Gasteiger partial charge on any atom is 0.269 e. The van der Waals surface area contributed by atoms with Crippen LogP contribution in [0.15, 0.2) is 60.9 Å². The minimum atomic E-state index is -0.498. The molecule has 27 heavy (non-hydrogen) atoms. The van der Waals surface area contributed by atoms with Crippen molar-refractivity contribution in [3.05, 3.63) is 81.5 Å². The lowest BCUT2D eigenvalue weighted by Crippen LogP contribution is -2.11. The Kier molecular flexibility index (Phi) is 4.17. The predicted molar refractivity (Wildman–Crippen MR) is 104 cm³/mol. The number of imidazole rings is 1. The SMILES string of the molecule is Cc1cn2cc(-c3cccc(NC(=O)c4ccc([N+](=O)[O-])cc4)c3)nc2s1. The van der Waals surface area contributed by atoms with Crippen molar-refractivity contribution in [3.63, 3.8) is 0 Å². The van der Waals surface area contributed by atoms with Crippen molar-refractivity contribution in [3.8, 4) is 11.3 Å². The Labute approximate surface area is 158 Å². The molecule has 8 heteroatoms. The van der Waals surface area contributed by atoms with Crippen LogP contribution < -0.4 is 5.32 Å². The molecule has 0 aliphatic carbocycles. The van der Waals surface area contributed by atoms with Gasteiger partial charge in [0.15, 0.2) is 4.96 Å². The van der Waals surface area contributed by atoms with Gasteiger partial charge in [0.25, 0.3) is 11.6 Å². The van der Waals surface area contributed by atoms with Crippen LogP contribution in [0.3, 0.4) is 0 Å². The number of rotatable bonds is 4. The molecule has 0 bridgehead atoms. The highest BCUT2D eigenvalue weighted by atomic mass is 32.1. The fraction of sp³-hybridized carbons (Fsp3) is 0.0526. The monoisotopic (exact) mass is 378 g/mol. The third kappa shape index (κ3) is 3.42. The van der Waals surface area contributed by atoms with Gasteiger partial charge in [-0.15, -0.1) is 11.3 Å². The van der Waals surface area contributed by atoms with Crippen LogP contribution in [0.1, 0.15) is 15.2 Å². The molecule has 7 nitrogen and oxygen atoms in total. The number of nitrogens with zero attached hydrogens (tertiary/aromatic N) is 3. The molecule has 2 heterocycles. The van der Waals surface area contributed by atoms with Crippen molar-refractivity contribution in [2.75, 3.05) is 5.32 Å². The molecule has 0 aliphatic heterocycles. The van der Waals surface area contributed by atoms with E-state index in [1.54, 1.807) is 17.4 Å². The van der Waals surface area contributed by atoms with Crippen molar-refractivity contribution in [2.45, 2.75) is 6.92 Å². The first-order valence-corrected chi connectivity index (χ1v) is 8.92. The van der Waals surface area contributed by atoms with E-state index in [4.69, 9.17) is 0 Å². The molecule has 1 amide bonds. The lowest BCUT2D eigenvalue weighted by atomic mass is 10.1. The molecule has 0 spiro atoms. The van der Waals surface area contributed by atoms with E-state index in [-0.39, 0.29) is 11.6 Å². The fourth-order valence-corrected chi connectivity index (χ4v) is 3.55. The van der Waals surface area contributed by atoms with E-state index in [2.05, 4.69) is 10.3 Å². The van der Waals surface area contributed by atoms with E-state index in [1.807, 2.05) is 41.9 Å². The standard InChI is InChI=1S/C19H14N4O3S/c1-12-10-22-11-17(21-19(22)27-12)14-3-2-4-15(9-14)20-18(24)13-5-7-16(8-6-13)23(25)26/h2-11H,1H3,(H,20,24). The highest BCUT2D eigenvalue weighted by Crippen LogP contribution is 2.25. The van der Waals surface area contributed by atoms with Crippen molar-refractivity contribution in [2.24, 2.45) is 0 Å². The molecule has 0 radical (unpaired) electrons. The summed E-state index contributed by atoms with van der Waals surface area (Å²) in [4.78, 5) is 29.3. The van der Waals surface area contributed by atoms with Crippen LogP contribution in [0.4, 0.5) is 11.4 Å². The average molecular weight is 378 g/mol. The van der Waals surface area contributed by atoms with Gasteiger partial charge in [0.2, 0.25) is 0 Å². The quantitative estimate of drug-likeness (QED) is 0.417. The zero-order valence-corrected chi connectivity index (χ0v) is 15.1. The third-order valence-corrected chi connectivity index (χ3v) is 4.94. The van der Waals surface area contributed by atoms with E-state index < -0.39 is 4.92 Å². The van der Waals surface area contributed by atoms with E-state index in [1.165, 1.54) is 29.1 Å². The molecule has 0 saturated heterocycles. The van der Waals surface area contributed by atoms with Crippen LogP contribution in [0.25, 0.3) is 16.2 Å². The molecular weight excluding hydrogens is 364 g/mol. The number of carbonyl (C=O) groups excluding carboxylic acids is 1. The normalized spacial score (nSPS) is 10.9. The van der Waals surface area contributed by atoms with E-state index >= 15 is 0 Å². The number of amides is 1. The maximum atomic E-state index is 12.4. The lowest BCUT2D eigenvalue weighted by Gasteiger charge is -2.06.